The van der Waals surface area contributed by atoms with E-state index in [0.717, 1.165) is 12.8 Å². The second kappa shape index (κ2) is 5.07. The fraction of sp³-hybridized carbons (Fsp3) is 0.400. The summed E-state index contributed by atoms with van der Waals surface area (Å²) < 4.78 is 1.51. The third-order valence-electron chi connectivity index (χ3n) is 4.34. The molecule has 1 aromatic heterocycles. The molecular weight excluding hydrogens is 254 g/mol. The first-order chi connectivity index (χ1) is 9.72. The van der Waals surface area contributed by atoms with Gasteiger partial charge in [0, 0.05) is 6.20 Å². The van der Waals surface area contributed by atoms with Crippen LogP contribution < -0.4 is 0 Å². The van der Waals surface area contributed by atoms with Crippen LogP contribution in [0.3, 0.4) is 0 Å². The number of carboxylic acids is 1. The summed E-state index contributed by atoms with van der Waals surface area (Å²) in [4.78, 5) is 11.7. The van der Waals surface area contributed by atoms with Gasteiger partial charge in [-0.15, -0.1) is 5.10 Å². The van der Waals surface area contributed by atoms with Crippen molar-refractivity contribution >= 4 is 5.97 Å². The molecule has 0 radical (unpaired) electrons. The van der Waals surface area contributed by atoms with Crippen molar-refractivity contribution in [2.45, 2.75) is 37.1 Å². The summed E-state index contributed by atoms with van der Waals surface area (Å²) in [6, 6.07) is 10.3. The van der Waals surface area contributed by atoms with E-state index in [9.17, 15) is 9.90 Å². The Labute approximate surface area is 117 Å². The molecule has 0 amide bonds. The van der Waals surface area contributed by atoms with E-state index in [1.807, 2.05) is 18.2 Å². The van der Waals surface area contributed by atoms with Gasteiger partial charge in [-0.25, -0.2) is 9.48 Å². The van der Waals surface area contributed by atoms with Gasteiger partial charge in [0.15, 0.2) is 5.54 Å². The van der Waals surface area contributed by atoms with Crippen molar-refractivity contribution in [2.24, 2.45) is 0 Å². The molecule has 1 N–H and O–H groups in total. The minimum absolute atomic E-state index is 0.437. The Morgan fingerprint density at radius 2 is 1.95 bits per heavy atom. The fourth-order valence-corrected chi connectivity index (χ4v) is 3.13. The lowest BCUT2D eigenvalue weighted by Crippen LogP contribution is -2.45. The number of rotatable bonds is 3. The molecule has 5 heteroatoms. The molecule has 2 aromatic rings. The Bertz CT molecular complexity index is 572. The van der Waals surface area contributed by atoms with E-state index in [4.69, 9.17) is 0 Å². The maximum absolute atomic E-state index is 11.7. The molecule has 1 aliphatic carbocycles. The van der Waals surface area contributed by atoms with Crippen LogP contribution in [0.25, 0.3) is 0 Å². The number of hydrogen-bond donors (Lipinski definition) is 1. The van der Waals surface area contributed by atoms with E-state index in [1.54, 1.807) is 6.20 Å². The van der Waals surface area contributed by atoms with Crippen molar-refractivity contribution in [3.05, 3.63) is 48.3 Å². The highest BCUT2D eigenvalue weighted by molar-refractivity contribution is 5.76. The molecule has 1 aromatic carbocycles. The molecule has 5 nitrogen and oxygen atoms in total. The zero-order valence-corrected chi connectivity index (χ0v) is 11.1. The van der Waals surface area contributed by atoms with E-state index in [2.05, 4.69) is 22.4 Å². The van der Waals surface area contributed by atoms with Gasteiger partial charge in [-0.1, -0.05) is 35.5 Å². The van der Waals surface area contributed by atoms with Crippen molar-refractivity contribution in [3.8, 4) is 0 Å². The largest absolute Gasteiger partial charge is 0.479 e. The van der Waals surface area contributed by atoms with Crippen LogP contribution in [0.15, 0.2) is 42.7 Å². The quantitative estimate of drug-likeness (QED) is 0.930. The van der Waals surface area contributed by atoms with Gasteiger partial charge in [0.2, 0.25) is 0 Å². The fourth-order valence-electron chi connectivity index (χ4n) is 3.13. The first kappa shape index (κ1) is 12.8. The van der Waals surface area contributed by atoms with Gasteiger partial charge in [0.05, 0.1) is 6.20 Å². The third kappa shape index (κ3) is 2.09. The zero-order chi connectivity index (χ0) is 14.0. The molecule has 3 rings (SSSR count). The minimum atomic E-state index is -0.929. The van der Waals surface area contributed by atoms with E-state index in [0.29, 0.717) is 18.8 Å². The van der Waals surface area contributed by atoms with Crippen molar-refractivity contribution in [3.63, 3.8) is 0 Å². The molecule has 1 fully saturated rings. The van der Waals surface area contributed by atoms with Crippen LogP contribution in [0.5, 0.6) is 0 Å². The highest BCUT2D eigenvalue weighted by Crippen LogP contribution is 2.41. The Morgan fingerprint density at radius 1 is 1.25 bits per heavy atom. The Morgan fingerprint density at radius 3 is 2.50 bits per heavy atom. The number of aromatic nitrogens is 3. The smallest absolute Gasteiger partial charge is 0.331 e. The molecular formula is C15H17N3O2. The number of hydrogen-bond acceptors (Lipinski definition) is 3. The molecule has 1 heterocycles. The highest BCUT2D eigenvalue weighted by Gasteiger charge is 2.44. The second-order valence-corrected chi connectivity index (χ2v) is 5.37. The van der Waals surface area contributed by atoms with Crippen LogP contribution in [0.2, 0.25) is 0 Å². The Kier molecular flexibility index (Phi) is 3.26. The minimum Gasteiger partial charge on any atom is -0.479 e. The number of aliphatic carboxylic acids is 1. The molecule has 0 atom stereocenters. The van der Waals surface area contributed by atoms with Crippen LogP contribution >= 0.6 is 0 Å². The molecule has 0 bridgehead atoms. The lowest BCUT2D eigenvalue weighted by Gasteiger charge is -2.36. The summed E-state index contributed by atoms with van der Waals surface area (Å²) in [5, 5.41) is 17.3. The van der Waals surface area contributed by atoms with Gasteiger partial charge < -0.3 is 5.11 Å². The average Bonchev–Trinajstić information content (AvgIpc) is 3.03. The summed E-state index contributed by atoms with van der Waals surface area (Å²) in [6.07, 6.45) is 6.08. The predicted octanol–water partition coefficient (Wildman–Crippen LogP) is 2.42. The van der Waals surface area contributed by atoms with Gasteiger partial charge in [-0.3, -0.25) is 0 Å². The maximum atomic E-state index is 11.7. The maximum Gasteiger partial charge on any atom is 0.331 e. The number of carbonyl (C=O) groups is 1. The Hall–Kier alpha value is -2.17. The van der Waals surface area contributed by atoms with Gasteiger partial charge in [0.1, 0.15) is 0 Å². The third-order valence-corrected chi connectivity index (χ3v) is 4.34. The zero-order valence-electron chi connectivity index (χ0n) is 11.1. The molecule has 1 aliphatic rings. The SMILES string of the molecule is O=C(O)C1(n2ccnn2)CCC(c2ccccc2)CC1. The second-order valence-electron chi connectivity index (χ2n) is 5.37. The van der Waals surface area contributed by atoms with E-state index < -0.39 is 11.5 Å². The van der Waals surface area contributed by atoms with Crippen molar-refractivity contribution < 1.29 is 9.90 Å². The first-order valence-electron chi connectivity index (χ1n) is 6.87. The van der Waals surface area contributed by atoms with Crippen molar-refractivity contribution in [1.29, 1.82) is 0 Å². The standard InChI is InChI=1S/C15H17N3O2/c19-14(20)15(18-11-10-16-17-18)8-6-13(7-9-15)12-4-2-1-3-5-12/h1-5,10-11,13H,6-9H2,(H,19,20). The summed E-state index contributed by atoms with van der Waals surface area (Å²) in [7, 11) is 0. The summed E-state index contributed by atoms with van der Waals surface area (Å²) in [6.45, 7) is 0. The number of nitrogens with zero attached hydrogens (tertiary/aromatic N) is 3. The number of benzene rings is 1. The first-order valence-corrected chi connectivity index (χ1v) is 6.87. The van der Waals surface area contributed by atoms with Gasteiger partial charge >= 0.3 is 5.97 Å². The van der Waals surface area contributed by atoms with E-state index in [-0.39, 0.29) is 0 Å². The molecule has 104 valence electrons. The summed E-state index contributed by atoms with van der Waals surface area (Å²) >= 11 is 0. The molecule has 0 aliphatic heterocycles. The van der Waals surface area contributed by atoms with Crippen molar-refractivity contribution in [2.75, 3.05) is 0 Å². The van der Waals surface area contributed by atoms with Crippen molar-refractivity contribution in [1.82, 2.24) is 15.0 Å². The lowest BCUT2D eigenvalue weighted by atomic mass is 9.74. The van der Waals surface area contributed by atoms with E-state index in [1.165, 1.54) is 16.4 Å². The van der Waals surface area contributed by atoms with Crippen LogP contribution in [0.4, 0.5) is 0 Å². The predicted molar refractivity (Wildman–Crippen MR) is 73.3 cm³/mol. The van der Waals surface area contributed by atoms with Crippen LogP contribution in [0.1, 0.15) is 37.2 Å². The summed E-state index contributed by atoms with van der Waals surface area (Å²) in [5.41, 5.74) is 0.368. The molecule has 20 heavy (non-hydrogen) atoms. The Balaban J connectivity index is 1.81. The molecule has 0 saturated heterocycles. The number of carboxylic acid groups (broad SMARTS) is 1. The van der Waals surface area contributed by atoms with Crippen LogP contribution in [0, 0.1) is 0 Å². The normalized spacial score (nSPS) is 26.3. The molecule has 1 saturated carbocycles. The monoisotopic (exact) mass is 271 g/mol. The highest BCUT2D eigenvalue weighted by atomic mass is 16.4. The van der Waals surface area contributed by atoms with E-state index >= 15 is 0 Å². The average molecular weight is 271 g/mol. The van der Waals surface area contributed by atoms with Gasteiger partial charge in [-0.05, 0) is 37.2 Å². The topological polar surface area (TPSA) is 68.0 Å². The molecule has 0 unspecified atom stereocenters. The van der Waals surface area contributed by atoms with Gasteiger partial charge in [0.25, 0.3) is 0 Å². The van der Waals surface area contributed by atoms with Crippen LogP contribution in [-0.4, -0.2) is 26.1 Å². The summed E-state index contributed by atoms with van der Waals surface area (Å²) in [5.74, 6) is -0.373. The lowest BCUT2D eigenvalue weighted by molar-refractivity contribution is -0.150. The van der Waals surface area contributed by atoms with Crippen LogP contribution in [-0.2, 0) is 10.3 Å². The molecule has 0 spiro atoms. The van der Waals surface area contributed by atoms with Gasteiger partial charge in [-0.2, -0.15) is 0 Å².